The van der Waals surface area contributed by atoms with Gasteiger partial charge in [-0.15, -0.1) is 0 Å². The Morgan fingerprint density at radius 3 is 2.58 bits per heavy atom. The van der Waals surface area contributed by atoms with Crippen molar-refractivity contribution in [3.8, 4) is 0 Å². The zero-order valence-electron chi connectivity index (χ0n) is 13.4. The summed E-state index contributed by atoms with van der Waals surface area (Å²) < 4.78 is 0. The normalized spacial score (nSPS) is 12.3. The summed E-state index contributed by atoms with van der Waals surface area (Å²) in [5, 5.41) is 9.80. The number of aromatic amines is 1. The summed E-state index contributed by atoms with van der Waals surface area (Å²) in [5.74, 6) is 0.245. The molecule has 1 aromatic carbocycles. The van der Waals surface area contributed by atoms with Crippen molar-refractivity contribution >= 4 is 35.0 Å². The number of aromatic nitrogens is 3. The topological polar surface area (TPSA) is 41.6 Å². The summed E-state index contributed by atoms with van der Waals surface area (Å²) in [6.07, 6.45) is 4.68. The smallest absolute Gasteiger partial charge is 0.127 e. The van der Waals surface area contributed by atoms with Crippen LogP contribution in [0.1, 0.15) is 36.1 Å². The molecule has 0 aliphatic rings. The molecule has 0 aliphatic heterocycles. The third-order valence-corrected chi connectivity index (χ3v) is 5.27. The minimum absolute atomic E-state index is 0.245. The first-order valence-corrected chi connectivity index (χ1v) is 9.24. The molecule has 0 bridgehead atoms. The zero-order valence-corrected chi connectivity index (χ0v) is 15.7. The molecule has 3 nitrogen and oxygen atoms in total. The molecule has 0 amide bonds. The lowest BCUT2D eigenvalue weighted by molar-refractivity contribution is 0.751. The highest BCUT2D eigenvalue weighted by atomic mass is 35.5. The zero-order chi connectivity index (χ0) is 17.1. The summed E-state index contributed by atoms with van der Waals surface area (Å²) in [4.78, 5) is 5.23. The summed E-state index contributed by atoms with van der Waals surface area (Å²) in [5.41, 5.74) is 3.46. The molecule has 2 heterocycles. The Balaban J connectivity index is 1.99. The molecule has 0 aliphatic carbocycles. The van der Waals surface area contributed by atoms with Gasteiger partial charge in [0.05, 0.1) is 0 Å². The van der Waals surface area contributed by atoms with Crippen LogP contribution in [0.3, 0.4) is 0 Å². The van der Waals surface area contributed by atoms with Crippen molar-refractivity contribution in [3.63, 3.8) is 0 Å². The molecule has 0 fully saturated rings. The van der Waals surface area contributed by atoms with E-state index in [0.29, 0.717) is 10.0 Å². The molecule has 1 atom stereocenters. The Morgan fingerprint density at radius 1 is 1.21 bits per heavy atom. The van der Waals surface area contributed by atoms with Gasteiger partial charge in [-0.3, -0.25) is 10.1 Å². The lowest BCUT2D eigenvalue weighted by Gasteiger charge is -2.16. The fourth-order valence-corrected chi connectivity index (χ4v) is 4.54. The molecule has 0 spiro atoms. The van der Waals surface area contributed by atoms with Gasteiger partial charge in [0.2, 0.25) is 0 Å². The molecular weight excluding hydrogens is 361 g/mol. The van der Waals surface area contributed by atoms with E-state index in [1.807, 2.05) is 24.4 Å². The molecule has 1 unspecified atom stereocenters. The highest BCUT2D eigenvalue weighted by molar-refractivity contribution is 7.99. The van der Waals surface area contributed by atoms with Crippen molar-refractivity contribution in [2.45, 2.75) is 36.1 Å². The van der Waals surface area contributed by atoms with Crippen molar-refractivity contribution in [2.24, 2.45) is 0 Å². The molecule has 0 saturated carbocycles. The van der Waals surface area contributed by atoms with Crippen LogP contribution in [0.4, 0.5) is 0 Å². The number of halogens is 2. The second-order valence-electron chi connectivity index (χ2n) is 5.52. The molecule has 0 radical (unpaired) electrons. The summed E-state index contributed by atoms with van der Waals surface area (Å²) >= 11 is 13.8. The SMILES string of the molecule is CCC(c1cccnc1)c1c(Sc2cc(Cl)cc(Cl)c2)n[nH]c1C. The van der Waals surface area contributed by atoms with Gasteiger partial charge in [0, 0.05) is 44.5 Å². The van der Waals surface area contributed by atoms with Gasteiger partial charge in [-0.2, -0.15) is 5.10 Å². The first kappa shape index (κ1) is 17.3. The largest absolute Gasteiger partial charge is 0.281 e. The van der Waals surface area contributed by atoms with E-state index in [-0.39, 0.29) is 5.92 Å². The van der Waals surface area contributed by atoms with Crippen LogP contribution in [-0.4, -0.2) is 15.2 Å². The summed E-state index contributed by atoms with van der Waals surface area (Å²) in [7, 11) is 0. The van der Waals surface area contributed by atoms with E-state index in [1.54, 1.807) is 24.0 Å². The standard InChI is InChI=1S/C18H17Cl2N3S/c1-3-16(12-5-4-6-21-10-12)17-11(2)22-23-18(17)24-15-8-13(19)7-14(20)9-15/h4-10,16H,3H2,1-2H3,(H,22,23). The van der Waals surface area contributed by atoms with Crippen LogP contribution in [0.5, 0.6) is 0 Å². The second-order valence-corrected chi connectivity index (χ2v) is 7.46. The van der Waals surface area contributed by atoms with Crippen molar-refractivity contribution in [1.29, 1.82) is 0 Å². The fraction of sp³-hybridized carbons (Fsp3) is 0.222. The van der Waals surface area contributed by atoms with E-state index in [4.69, 9.17) is 23.2 Å². The molecular formula is C18H17Cl2N3S. The molecule has 2 aromatic heterocycles. The van der Waals surface area contributed by atoms with Gasteiger partial charge < -0.3 is 0 Å². The third-order valence-electron chi connectivity index (χ3n) is 3.85. The van der Waals surface area contributed by atoms with Crippen molar-refractivity contribution in [3.05, 3.63) is 69.6 Å². The number of rotatable bonds is 5. The van der Waals surface area contributed by atoms with E-state index in [0.717, 1.165) is 22.0 Å². The lowest BCUT2D eigenvalue weighted by atomic mass is 9.91. The third kappa shape index (κ3) is 3.77. The van der Waals surface area contributed by atoms with Gasteiger partial charge in [-0.25, -0.2) is 0 Å². The maximum Gasteiger partial charge on any atom is 0.127 e. The van der Waals surface area contributed by atoms with E-state index in [1.165, 1.54) is 11.1 Å². The molecule has 0 saturated heterocycles. The number of H-pyrrole nitrogens is 1. The molecule has 24 heavy (non-hydrogen) atoms. The minimum atomic E-state index is 0.245. The summed E-state index contributed by atoms with van der Waals surface area (Å²) in [6.45, 7) is 4.23. The minimum Gasteiger partial charge on any atom is -0.281 e. The van der Waals surface area contributed by atoms with Crippen molar-refractivity contribution < 1.29 is 0 Å². The first-order valence-electron chi connectivity index (χ1n) is 7.67. The van der Waals surface area contributed by atoms with Gasteiger partial charge in [0.15, 0.2) is 0 Å². The molecule has 124 valence electrons. The predicted octanol–water partition coefficient (Wildman–Crippen LogP) is 6.11. The number of benzene rings is 1. The Morgan fingerprint density at radius 2 is 1.96 bits per heavy atom. The molecule has 3 aromatic rings. The maximum atomic E-state index is 6.11. The fourth-order valence-electron chi connectivity index (χ4n) is 2.79. The Labute approximate surface area is 155 Å². The Bertz CT molecular complexity index is 813. The highest BCUT2D eigenvalue weighted by Crippen LogP contribution is 2.39. The van der Waals surface area contributed by atoms with Crippen molar-refractivity contribution in [1.82, 2.24) is 15.2 Å². The van der Waals surface area contributed by atoms with E-state index >= 15 is 0 Å². The monoisotopic (exact) mass is 377 g/mol. The number of pyridine rings is 1. The Hall–Kier alpha value is -1.49. The van der Waals surface area contributed by atoms with Crippen LogP contribution in [0.25, 0.3) is 0 Å². The number of hydrogen-bond donors (Lipinski definition) is 1. The summed E-state index contributed by atoms with van der Waals surface area (Å²) in [6, 6.07) is 9.61. The first-order chi connectivity index (χ1) is 11.6. The number of nitrogens with one attached hydrogen (secondary N) is 1. The lowest BCUT2D eigenvalue weighted by Crippen LogP contribution is -2.02. The quantitative estimate of drug-likeness (QED) is 0.582. The van der Waals surface area contributed by atoms with Crippen molar-refractivity contribution in [2.75, 3.05) is 0 Å². The Kier molecular flexibility index (Phi) is 5.49. The number of hydrogen-bond acceptors (Lipinski definition) is 3. The van der Waals surface area contributed by atoms with Crippen LogP contribution in [-0.2, 0) is 0 Å². The molecule has 1 N–H and O–H groups in total. The molecule has 3 rings (SSSR count). The van der Waals surface area contributed by atoms with E-state index in [2.05, 4.69) is 35.1 Å². The van der Waals surface area contributed by atoms with Gasteiger partial charge >= 0.3 is 0 Å². The number of nitrogens with zero attached hydrogens (tertiary/aromatic N) is 2. The van der Waals surface area contributed by atoms with E-state index in [9.17, 15) is 0 Å². The van der Waals surface area contributed by atoms with Crippen LogP contribution in [0, 0.1) is 6.92 Å². The van der Waals surface area contributed by atoms with Crippen LogP contribution >= 0.6 is 35.0 Å². The van der Waals surface area contributed by atoms with Crippen LogP contribution < -0.4 is 0 Å². The maximum absolute atomic E-state index is 6.11. The predicted molar refractivity (Wildman–Crippen MR) is 100 cm³/mol. The van der Waals surface area contributed by atoms with Gasteiger partial charge in [-0.05, 0) is 43.2 Å². The van der Waals surface area contributed by atoms with E-state index < -0.39 is 0 Å². The second kappa shape index (κ2) is 7.60. The van der Waals surface area contributed by atoms with Gasteiger partial charge in [0.1, 0.15) is 5.03 Å². The average molecular weight is 378 g/mol. The van der Waals surface area contributed by atoms with Gasteiger partial charge in [0.25, 0.3) is 0 Å². The molecule has 6 heteroatoms. The highest BCUT2D eigenvalue weighted by Gasteiger charge is 2.22. The average Bonchev–Trinajstić information content (AvgIpc) is 2.89. The van der Waals surface area contributed by atoms with Crippen LogP contribution in [0.2, 0.25) is 10.0 Å². The van der Waals surface area contributed by atoms with Crippen LogP contribution in [0.15, 0.2) is 52.6 Å². The van der Waals surface area contributed by atoms with Gasteiger partial charge in [-0.1, -0.05) is 48.0 Å². The number of aryl methyl sites for hydroxylation is 1.